The Bertz CT molecular complexity index is 322. The Morgan fingerprint density at radius 2 is 1.65 bits per heavy atom. The average molecular weight is 281 g/mol. The van der Waals surface area contributed by atoms with Gasteiger partial charge in [0.1, 0.15) is 0 Å². The van der Waals surface area contributed by atoms with Crippen LogP contribution in [0.5, 0.6) is 0 Å². The zero-order chi connectivity index (χ0) is 15.1. The molecule has 0 aromatic rings. The maximum absolute atomic E-state index is 11.2. The van der Waals surface area contributed by atoms with Gasteiger partial charge in [-0.1, -0.05) is 58.1 Å². The molecule has 0 radical (unpaired) electrons. The van der Waals surface area contributed by atoms with Gasteiger partial charge in [-0.15, -0.1) is 0 Å². The van der Waals surface area contributed by atoms with Crippen LogP contribution in [-0.2, 0) is 14.4 Å². The smallest absolute Gasteiger partial charge is 0.336 e. The van der Waals surface area contributed by atoms with Crippen LogP contribution in [0, 0.1) is 0 Å². The van der Waals surface area contributed by atoms with E-state index in [0.29, 0.717) is 0 Å². The first-order valence-electron chi connectivity index (χ1n) is 7.54. The predicted octanol–water partition coefficient (Wildman–Crippen LogP) is 3.83. The zero-order valence-electron chi connectivity index (χ0n) is 12.7. The number of carbonyl (C=O) groups excluding carboxylic acids is 2. The summed E-state index contributed by atoms with van der Waals surface area (Å²) in [6.07, 6.45) is 15.2. The molecule has 0 unspecified atom stereocenters. The molecule has 0 saturated heterocycles. The summed E-state index contributed by atoms with van der Waals surface area (Å²) in [5.41, 5.74) is 2.07. The number of amides is 1. The summed E-state index contributed by atoms with van der Waals surface area (Å²) in [5, 5.41) is 0. The summed E-state index contributed by atoms with van der Waals surface area (Å²) >= 11 is 0. The van der Waals surface area contributed by atoms with Crippen LogP contribution in [0.4, 0.5) is 0 Å². The minimum absolute atomic E-state index is 0.426. The molecule has 4 heteroatoms. The molecular weight excluding hydrogens is 254 g/mol. The number of nitrogens with one attached hydrogen (secondary N) is 1. The quantitative estimate of drug-likeness (QED) is 0.376. The van der Waals surface area contributed by atoms with Gasteiger partial charge in [-0.3, -0.25) is 4.79 Å². The molecule has 0 aromatic heterocycles. The van der Waals surface area contributed by atoms with E-state index in [1.54, 1.807) is 12.2 Å². The maximum Gasteiger partial charge on any atom is 0.355 e. The van der Waals surface area contributed by atoms with Crippen LogP contribution in [0.3, 0.4) is 0 Å². The van der Waals surface area contributed by atoms with Gasteiger partial charge in [0.2, 0.25) is 0 Å². The molecule has 0 aliphatic heterocycles. The lowest BCUT2D eigenvalue weighted by Gasteiger charge is -2.00. The van der Waals surface area contributed by atoms with E-state index in [1.807, 2.05) is 6.92 Å². The lowest BCUT2D eigenvalue weighted by molar-refractivity contribution is -0.151. The normalized spacial score (nSPS) is 11.1. The second-order valence-corrected chi connectivity index (χ2v) is 4.66. The van der Waals surface area contributed by atoms with Crippen LogP contribution in [0.2, 0.25) is 0 Å². The number of hydrogen-bond donors (Lipinski definition) is 1. The van der Waals surface area contributed by atoms with Crippen molar-refractivity contribution in [2.24, 2.45) is 0 Å². The lowest BCUT2D eigenvalue weighted by Crippen LogP contribution is -2.24. The molecule has 4 nitrogen and oxygen atoms in total. The number of hydroxylamine groups is 1. The Morgan fingerprint density at radius 3 is 2.35 bits per heavy atom. The van der Waals surface area contributed by atoms with Crippen LogP contribution in [0.15, 0.2) is 24.3 Å². The third-order valence-corrected chi connectivity index (χ3v) is 2.74. The van der Waals surface area contributed by atoms with Crippen LogP contribution >= 0.6 is 0 Å². The van der Waals surface area contributed by atoms with Crippen LogP contribution in [0.25, 0.3) is 0 Å². The third kappa shape index (κ3) is 12.9. The van der Waals surface area contributed by atoms with Crippen molar-refractivity contribution >= 4 is 11.9 Å². The molecule has 1 N–H and O–H groups in total. The first-order valence-corrected chi connectivity index (χ1v) is 7.54. The van der Waals surface area contributed by atoms with Gasteiger partial charge in [-0.25, -0.2) is 4.79 Å². The van der Waals surface area contributed by atoms with Crippen LogP contribution < -0.4 is 5.48 Å². The summed E-state index contributed by atoms with van der Waals surface area (Å²) in [7, 11) is 0. The van der Waals surface area contributed by atoms with E-state index in [0.717, 1.165) is 19.3 Å². The van der Waals surface area contributed by atoms with Crippen molar-refractivity contribution < 1.29 is 14.4 Å². The molecule has 0 aliphatic rings. The zero-order valence-corrected chi connectivity index (χ0v) is 12.7. The van der Waals surface area contributed by atoms with E-state index in [1.165, 1.54) is 44.3 Å². The molecule has 20 heavy (non-hydrogen) atoms. The average Bonchev–Trinajstić information content (AvgIpc) is 2.45. The van der Waals surface area contributed by atoms with Crippen molar-refractivity contribution in [3.63, 3.8) is 0 Å². The summed E-state index contributed by atoms with van der Waals surface area (Å²) in [5.74, 6) is -0.973. The summed E-state index contributed by atoms with van der Waals surface area (Å²) in [6.45, 7) is 4.12. The highest BCUT2D eigenvalue weighted by molar-refractivity contribution is 5.89. The highest BCUT2D eigenvalue weighted by Crippen LogP contribution is 2.07. The fourth-order valence-electron chi connectivity index (χ4n) is 1.62. The number of hydrogen-bond acceptors (Lipinski definition) is 3. The Hall–Kier alpha value is -1.58. The molecule has 0 saturated carbocycles. The monoisotopic (exact) mass is 281 g/mol. The highest BCUT2D eigenvalue weighted by Gasteiger charge is 1.99. The minimum atomic E-state index is -0.547. The van der Waals surface area contributed by atoms with E-state index in [4.69, 9.17) is 0 Å². The van der Waals surface area contributed by atoms with Gasteiger partial charge >= 0.3 is 5.97 Å². The molecule has 0 fully saturated rings. The maximum atomic E-state index is 11.2. The molecule has 0 aromatic carbocycles. The number of unbranched alkanes of at least 4 members (excludes halogenated alkanes) is 6. The predicted molar refractivity (Wildman–Crippen MR) is 80.8 cm³/mol. The second-order valence-electron chi connectivity index (χ2n) is 4.66. The summed E-state index contributed by atoms with van der Waals surface area (Å²) in [6, 6.07) is 0. The Labute approximate surface area is 122 Å². The second kappa shape index (κ2) is 13.8. The van der Waals surface area contributed by atoms with E-state index < -0.39 is 11.9 Å². The molecular formula is C16H27NO3. The van der Waals surface area contributed by atoms with Crippen molar-refractivity contribution in [3.05, 3.63) is 24.3 Å². The Morgan fingerprint density at radius 1 is 0.950 bits per heavy atom. The van der Waals surface area contributed by atoms with E-state index >= 15 is 0 Å². The van der Waals surface area contributed by atoms with Crippen molar-refractivity contribution in [1.29, 1.82) is 0 Å². The highest BCUT2D eigenvalue weighted by atomic mass is 16.7. The van der Waals surface area contributed by atoms with Gasteiger partial charge < -0.3 is 4.84 Å². The van der Waals surface area contributed by atoms with Crippen molar-refractivity contribution in [2.45, 2.75) is 65.2 Å². The number of rotatable bonds is 10. The molecule has 0 atom stereocenters. The molecule has 0 rings (SSSR count). The first kappa shape index (κ1) is 18.4. The molecule has 0 aliphatic carbocycles. The minimum Gasteiger partial charge on any atom is -0.336 e. The molecule has 0 bridgehead atoms. The van der Waals surface area contributed by atoms with Gasteiger partial charge in [0, 0.05) is 12.2 Å². The van der Waals surface area contributed by atoms with E-state index in [9.17, 15) is 9.59 Å². The van der Waals surface area contributed by atoms with E-state index in [2.05, 4.69) is 17.2 Å². The molecule has 0 spiro atoms. The largest absolute Gasteiger partial charge is 0.355 e. The fourth-order valence-corrected chi connectivity index (χ4v) is 1.62. The summed E-state index contributed by atoms with van der Waals surface area (Å²) < 4.78 is 0. The van der Waals surface area contributed by atoms with Crippen LogP contribution in [-0.4, -0.2) is 11.9 Å². The molecule has 114 valence electrons. The lowest BCUT2D eigenvalue weighted by atomic mass is 10.1. The van der Waals surface area contributed by atoms with E-state index in [-0.39, 0.29) is 0 Å². The fraction of sp³-hybridized carbons (Fsp3) is 0.625. The molecule has 1 amide bonds. The van der Waals surface area contributed by atoms with Gasteiger partial charge in [-0.2, -0.15) is 5.48 Å². The number of carbonyl (C=O) groups is 2. The van der Waals surface area contributed by atoms with Crippen molar-refractivity contribution in [3.8, 4) is 0 Å². The Kier molecular flexibility index (Phi) is 12.7. The summed E-state index contributed by atoms with van der Waals surface area (Å²) in [4.78, 5) is 26.9. The third-order valence-electron chi connectivity index (χ3n) is 2.74. The van der Waals surface area contributed by atoms with Crippen molar-refractivity contribution in [1.82, 2.24) is 5.48 Å². The number of allylic oxidation sites excluding steroid dienone is 2. The van der Waals surface area contributed by atoms with Crippen LogP contribution in [0.1, 0.15) is 65.2 Å². The SMILES string of the molecule is CCC=CC(=O)NOC(=O)C=CCCCCCCCC. The standard InChI is InChI=1S/C16H27NO3/c1-3-5-7-8-9-10-11-12-14-16(19)20-17-15(18)13-6-4-2/h6,12-14H,3-5,7-11H2,1-2H3,(H,17,18). The first-order chi connectivity index (χ1) is 9.70. The van der Waals surface area contributed by atoms with Crippen molar-refractivity contribution in [2.75, 3.05) is 0 Å². The van der Waals surface area contributed by atoms with Gasteiger partial charge in [-0.05, 0) is 19.3 Å². The Balaban J connectivity index is 3.53. The molecule has 0 heterocycles. The van der Waals surface area contributed by atoms with Gasteiger partial charge in [0.15, 0.2) is 0 Å². The van der Waals surface area contributed by atoms with Gasteiger partial charge in [0.05, 0.1) is 0 Å². The topological polar surface area (TPSA) is 55.4 Å². The van der Waals surface area contributed by atoms with Gasteiger partial charge in [0.25, 0.3) is 5.91 Å².